The van der Waals surface area contributed by atoms with E-state index in [1.54, 1.807) is 0 Å². The number of benzene rings is 1. The molecule has 1 saturated heterocycles. The first-order chi connectivity index (χ1) is 11.9. The molecule has 3 nitrogen and oxygen atoms in total. The van der Waals surface area contributed by atoms with Gasteiger partial charge in [0.15, 0.2) is 11.5 Å². The largest absolute Gasteiger partial charge is 0.504 e. The lowest BCUT2D eigenvalue weighted by Gasteiger charge is -2.36. The van der Waals surface area contributed by atoms with Crippen molar-refractivity contribution in [2.24, 2.45) is 5.41 Å². The van der Waals surface area contributed by atoms with E-state index in [1.165, 1.54) is 11.1 Å². The number of phenols is 2. The van der Waals surface area contributed by atoms with Crippen molar-refractivity contribution < 1.29 is 10.2 Å². The topological polar surface area (TPSA) is 43.7 Å². The van der Waals surface area contributed by atoms with E-state index in [1.807, 2.05) is 17.8 Å². The standard InChI is InChI=1S/C22H35NO2S/c1-20(2,3)13-22(6)14-21(4,5)16-11-17(24)19(25)15(18(16)22)12-23-7-9-26-10-8-23/h11,24-25H,7-10,12-14H2,1-6H3. The summed E-state index contributed by atoms with van der Waals surface area (Å²) in [5.41, 5.74) is 3.71. The fourth-order valence-corrected chi connectivity index (χ4v) is 6.53. The molecule has 0 radical (unpaired) electrons. The van der Waals surface area contributed by atoms with Gasteiger partial charge in [-0.25, -0.2) is 0 Å². The Morgan fingerprint density at radius 3 is 2.31 bits per heavy atom. The lowest BCUT2D eigenvalue weighted by Crippen LogP contribution is -2.34. The van der Waals surface area contributed by atoms with Gasteiger partial charge in [-0.3, -0.25) is 4.90 Å². The van der Waals surface area contributed by atoms with Gasteiger partial charge >= 0.3 is 0 Å². The highest BCUT2D eigenvalue weighted by Crippen LogP contribution is 2.57. The van der Waals surface area contributed by atoms with Gasteiger partial charge in [0.25, 0.3) is 0 Å². The van der Waals surface area contributed by atoms with Gasteiger partial charge < -0.3 is 10.2 Å². The van der Waals surface area contributed by atoms with Crippen molar-refractivity contribution in [2.75, 3.05) is 24.6 Å². The predicted molar refractivity (Wildman–Crippen MR) is 111 cm³/mol. The molecule has 1 aliphatic heterocycles. The quantitative estimate of drug-likeness (QED) is 0.726. The van der Waals surface area contributed by atoms with E-state index in [4.69, 9.17) is 0 Å². The number of phenolic OH excluding ortho intramolecular Hbond substituents is 2. The third-order valence-corrected chi connectivity index (χ3v) is 6.89. The molecule has 1 aliphatic carbocycles. The van der Waals surface area contributed by atoms with Gasteiger partial charge in [0.2, 0.25) is 0 Å². The Labute approximate surface area is 163 Å². The molecule has 146 valence electrons. The monoisotopic (exact) mass is 377 g/mol. The van der Waals surface area contributed by atoms with Crippen molar-refractivity contribution in [3.05, 3.63) is 22.8 Å². The molecule has 0 aromatic heterocycles. The second-order valence-electron chi connectivity index (χ2n) is 10.4. The zero-order chi connectivity index (χ0) is 19.3. The number of nitrogens with zero attached hydrogens (tertiary/aromatic N) is 1. The van der Waals surface area contributed by atoms with Gasteiger partial charge in [0.1, 0.15) is 0 Å². The lowest BCUT2D eigenvalue weighted by atomic mass is 9.69. The van der Waals surface area contributed by atoms with E-state index < -0.39 is 0 Å². The molecule has 1 unspecified atom stereocenters. The molecule has 1 fully saturated rings. The summed E-state index contributed by atoms with van der Waals surface area (Å²) < 4.78 is 0. The molecule has 2 aliphatic rings. The number of aromatic hydroxyl groups is 2. The summed E-state index contributed by atoms with van der Waals surface area (Å²) in [7, 11) is 0. The molecule has 1 aromatic rings. The minimum atomic E-state index is 0.00696. The number of hydrogen-bond donors (Lipinski definition) is 2. The molecule has 1 aromatic carbocycles. The van der Waals surface area contributed by atoms with Crippen LogP contribution in [0.4, 0.5) is 0 Å². The van der Waals surface area contributed by atoms with Gasteiger partial charge in [0, 0.05) is 36.7 Å². The van der Waals surface area contributed by atoms with Crippen LogP contribution in [0.5, 0.6) is 11.5 Å². The minimum Gasteiger partial charge on any atom is -0.504 e. The van der Waals surface area contributed by atoms with Crippen LogP contribution in [0.3, 0.4) is 0 Å². The van der Waals surface area contributed by atoms with E-state index in [0.717, 1.165) is 49.5 Å². The fourth-order valence-electron chi connectivity index (χ4n) is 5.55. The first-order valence-electron chi connectivity index (χ1n) is 9.82. The first kappa shape index (κ1) is 19.9. The first-order valence-corrected chi connectivity index (χ1v) is 11.0. The molecule has 1 atom stereocenters. The molecule has 2 N–H and O–H groups in total. The van der Waals surface area contributed by atoms with Crippen LogP contribution < -0.4 is 0 Å². The summed E-state index contributed by atoms with van der Waals surface area (Å²) in [5, 5.41) is 21.3. The second kappa shape index (κ2) is 6.63. The van der Waals surface area contributed by atoms with Crippen LogP contribution in [0, 0.1) is 5.41 Å². The average Bonchev–Trinajstić information content (AvgIpc) is 2.68. The third-order valence-electron chi connectivity index (χ3n) is 5.95. The number of hydrogen-bond acceptors (Lipinski definition) is 4. The van der Waals surface area contributed by atoms with Gasteiger partial charge in [0.05, 0.1) is 0 Å². The minimum absolute atomic E-state index is 0.00696. The van der Waals surface area contributed by atoms with E-state index >= 15 is 0 Å². The molecule has 0 spiro atoms. The normalized spacial score (nSPS) is 26.1. The zero-order valence-electron chi connectivity index (χ0n) is 17.3. The van der Waals surface area contributed by atoms with E-state index in [0.29, 0.717) is 0 Å². The van der Waals surface area contributed by atoms with Crippen LogP contribution in [0.25, 0.3) is 0 Å². The molecule has 26 heavy (non-hydrogen) atoms. The molecule has 3 rings (SSSR count). The highest BCUT2D eigenvalue weighted by atomic mass is 32.2. The number of thioether (sulfide) groups is 1. The highest BCUT2D eigenvalue weighted by molar-refractivity contribution is 7.99. The Kier molecular flexibility index (Phi) is 5.07. The van der Waals surface area contributed by atoms with Crippen LogP contribution in [0.15, 0.2) is 6.07 Å². The van der Waals surface area contributed by atoms with Crippen molar-refractivity contribution in [1.82, 2.24) is 4.90 Å². The Hall–Kier alpha value is -0.870. The summed E-state index contributed by atoms with van der Waals surface area (Å²) in [6.45, 7) is 16.6. The van der Waals surface area contributed by atoms with Crippen LogP contribution in [-0.2, 0) is 17.4 Å². The van der Waals surface area contributed by atoms with Crippen LogP contribution in [0.1, 0.15) is 71.1 Å². The van der Waals surface area contributed by atoms with Crippen LogP contribution in [0.2, 0.25) is 0 Å². The summed E-state index contributed by atoms with van der Waals surface area (Å²) in [6.07, 6.45) is 2.13. The van der Waals surface area contributed by atoms with Gasteiger partial charge in [-0.2, -0.15) is 11.8 Å². The van der Waals surface area contributed by atoms with E-state index in [-0.39, 0.29) is 27.7 Å². The summed E-state index contributed by atoms with van der Waals surface area (Å²) in [4.78, 5) is 2.42. The highest BCUT2D eigenvalue weighted by Gasteiger charge is 2.48. The average molecular weight is 378 g/mol. The second-order valence-corrected chi connectivity index (χ2v) is 11.6. The van der Waals surface area contributed by atoms with Crippen molar-refractivity contribution >= 4 is 11.8 Å². The zero-order valence-corrected chi connectivity index (χ0v) is 18.1. The van der Waals surface area contributed by atoms with E-state index in [2.05, 4.69) is 46.4 Å². The van der Waals surface area contributed by atoms with Gasteiger partial charge in [-0.1, -0.05) is 41.5 Å². The predicted octanol–water partition coefficient (Wildman–Crippen LogP) is 5.02. The van der Waals surface area contributed by atoms with Crippen molar-refractivity contribution in [1.29, 1.82) is 0 Å². The summed E-state index contributed by atoms with van der Waals surface area (Å²) in [6, 6.07) is 1.83. The molecule has 1 heterocycles. The smallest absolute Gasteiger partial charge is 0.162 e. The van der Waals surface area contributed by atoms with Gasteiger partial charge in [-0.15, -0.1) is 0 Å². The van der Waals surface area contributed by atoms with Crippen LogP contribution in [-0.4, -0.2) is 39.7 Å². The molecular formula is C22H35NO2S. The molecule has 4 heteroatoms. The summed E-state index contributed by atoms with van der Waals surface area (Å²) in [5.74, 6) is 2.43. The number of fused-ring (bicyclic) bond motifs is 1. The molecule has 0 amide bonds. The molecular weight excluding hydrogens is 342 g/mol. The fraction of sp³-hybridized carbons (Fsp3) is 0.727. The maximum Gasteiger partial charge on any atom is 0.162 e. The maximum absolute atomic E-state index is 10.8. The maximum atomic E-state index is 10.8. The number of rotatable bonds is 3. The van der Waals surface area contributed by atoms with Crippen molar-refractivity contribution in [3.8, 4) is 11.5 Å². The Morgan fingerprint density at radius 2 is 1.73 bits per heavy atom. The van der Waals surface area contributed by atoms with Gasteiger partial charge in [-0.05, 0) is 46.3 Å². The van der Waals surface area contributed by atoms with Crippen LogP contribution >= 0.6 is 11.8 Å². The summed E-state index contributed by atoms with van der Waals surface area (Å²) >= 11 is 2.00. The van der Waals surface area contributed by atoms with Crippen molar-refractivity contribution in [2.45, 2.75) is 71.8 Å². The Balaban J connectivity index is 2.12. The Morgan fingerprint density at radius 1 is 1.12 bits per heavy atom. The molecule has 0 saturated carbocycles. The Bertz CT molecular complexity index is 686. The van der Waals surface area contributed by atoms with Crippen molar-refractivity contribution in [3.63, 3.8) is 0 Å². The third kappa shape index (κ3) is 3.73. The van der Waals surface area contributed by atoms with E-state index in [9.17, 15) is 10.2 Å². The molecule has 0 bridgehead atoms. The SMILES string of the molecule is CC(C)(C)CC1(C)CC(C)(C)c2cc(O)c(O)c(CN3CCSCC3)c21. The lowest BCUT2D eigenvalue weighted by molar-refractivity contribution is 0.239.